The van der Waals surface area contributed by atoms with Gasteiger partial charge in [-0.3, -0.25) is 0 Å². The summed E-state index contributed by atoms with van der Waals surface area (Å²) in [6.45, 7) is 0.774. The molecule has 21 heavy (non-hydrogen) atoms. The molecule has 0 saturated heterocycles. The van der Waals surface area contributed by atoms with E-state index in [9.17, 15) is 0 Å². The van der Waals surface area contributed by atoms with Crippen molar-refractivity contribution in [1.82, 2.24) is 15.5 Å². The van der Waals surface area contributed by atoms with Crippen molar-refractivity contribution in [2.24, 2.45) is 0 Å². The standard InChI is InChI=1S/C17H17N3O/c1-3-7-14(8-4-1)17(15-9-5-2-6-10-15)18-12-11-16-19-13-20-21-16/h1-10,13,17-18H,11-12H2. The Labute approximate surface area is 123 Å². The summed E-state index contributed by atoms with van der Waals surface area (Å²) in [6.07, 6.45) is 2.15. The first kappa shape index (κ1) is 13.5. The van der Waals surface area contributed by atoms with Gasteiger partial charge >= 0.3 is 0 Å². The molecular formula is C17H17N3O. The topological polar surface area (TPSA) is 51.0 Å². The molecule has 0 atom stereocenters. The number of nitrogens with one attached hydrogen (secondary N) is 1. The molecule has 4 heteroatoms. The molecule has 106 valence electrons. The van der Waals surface area contributed by atoms with E-state index in [-0.39, 0.29) is 6.04 Å². The number of benzene rings is 2. The summed E-state index contributed by atoms with van der Waals surface area (Å²) in [6, 6.07) is 21.0. The smallest absolute Gasteiger partial charge is 0.227 e. The second kappa shape index (κ2) is 6.81. The summed E-state index contributed by atoms with van der Waals surface area (Å²) in [5.74, 6) is 0.655. The van der Waals surface area contributed by atoms with Gasteiger partial charge in [-0.15, -0.1) is 0 Å². The second-order valence-corrected chi connectivity index (χ2v) is 4.79. The predicted molar refractivity (Wildman–Crippen MR) is 80.7 cm³/mol. The third-order valence-electron chi connectivity index (χ3n) is 3.36. The van der Waals surface area contributed by atoms with E-state index < -0.39 is 0 Å². The van der Waals surface area contributed by atoms with Gasteiger partial charge in [0.15, 0.2) is 6.33 Å². The molecule has 0 spiro atoms. The minimum atomic E-state index is 0.162. The van der Waals surface area contributed by atoms with Crippen LogP contribution in [0.15, 0.2) is 71.5 Å². The van der Waals surface area contributed by atoms with Gasteiger partial charge in [0.25, 0.3) is 0 Å². The zero-order valence-electron chi connectivity index (χ0n) is 11.6. The van der Waals surface area contributed by atoms with Gasteiger partial charge in [-0.25, -0.2) is 0 Å². The van der Waals surface area contributed by atoms with Gasteiger partial charge in [-0.05, 0) is 11.1 Å². The van der Waals surface area contributed by atoms with Crippen LogP contribution in [0.2, 0.25) is 0 Å². The normalized spacial score (nSPS) is 10.9. The van der Waals surface area contributed by atoms with E-state index in [1.165, 1.54) is 17.5 Å². The summed E-state index contributed by atoms with van der Waals surface area (Å²) in [4.78, 5) is 4.04. The van der Waals surface area contributed by atoms with Crippen molar-refractivity contribution in [3.63, 3.8) is 0 Å². The van der Waals surface area contributed by atoms with Crippen LogP contribution in [0.3, 0.4) is 0 Å². The first-order valence-corrected chi connectivity index (χ1v) is 7.02. The van der Waals surface area contributed by atoms with Gasteiger partial charge in [-0.2, -0.15) is 4.98 Å². The Hall–Kier alpha value is -2.46. The lowest BCUT2D eigenvalue weighted by molar-refractivity contribution is 0.373. The molecule has 1 N–H and O–H groups in total. The number of rotatable bonds is 6. The first-order valence-electron chi connectivity index (χ1n) is 7.02. The third kappa shape index (κ3) is 3.55. The van der Waals surface area contributed by atoms with Gasteiger partial charge in [-0.1, -0.05) is 65.8 Å². The van der Waals surface area contributed by atoms with Crippen LogP contribution in [-0.2, 0) is 6.42 Å². The van der Waals surface area contributed by atoms with Crippen LogP contribution in [-0.4, -0.2) is 16.7 Å². The fourth-order valence-corrected chi connectivity index (χ4v) is 2.35. The molecule has 0 aliphatic carbocycles. The van der Waals surface area contributed by atoms with E-state index in [2.05, 4.69) is 64.0 Å². The van der Waals surface area contributed by atoms with Crippen LogP contribution in [0.4, 0.5) is 0 Å². The number of hydrogen-bond acceptors (Lipinski definition) is 4. The summed E-state index contributed by atoms with van der Waals surface area (Å²) >= 11 is 0. The number of hydrogen-bond donors (Lipinski definition) is 1. The van der Waals surface area contributed by atoms with E-state index in [4.69, 9.17) is 4.52 Å². The van der Waals surface area contributed by atoms with Crippen molar-refractivity contribution in [3.8, 4) is 0 Å². The van der Waals surface area contributed by atoms with Crippen molar-refractivity contribution < 1.29 is 4.52 Å². The average Bonchev–Trinajstić information content (AvgIpc) is 3.07. The highest BCUT2D eigenvalue weighted by molar-refractivity contribution is 5.31. The lowest BCUT2D eigenvalue weighted by Gasteiger charge is -2.19. The second-order valence-electron chi connectivity index (χ2n) is 4.79. The van der Waals surface area contributed by atoms with Crippen molar-refractivity contribution >= 4 is 0 Å². The fraction of sp³-hybridized carbons (Fsp3) is 0.176. The first-order chi connectivity index (χ1) is 10.4. The van der Waals surface area contributed by atoms with Gasteiger partial charge in [0.1, 0.15) is 0 Å². The quantitative estimate of drug-likeness (QED) is 0.753. The zero-order chi connectivity index (χ0) is 14.3. The SMILES string of the molecule is c1ccc(C(NCCc2ncno2)c2ccccc2)cc1. The Kier molecular flexibility index (Phi) is 4.39. The van der Waals surface area contributed by atoms with Gasteiger partial charge in [0.2, 0.25) is 5.89 Å². The number of nitrogens with zero attached hydrogens (tertiary/aromatic N) is 2. The maximum absolute atomic E-state index is 5.03. The van der Waals surface area contributed by atoms with Crippen LogP contribution in [0.5, 0.6) is 0 Å². The molecule has 1 aromatic heterocycles. The molecule has 0 saturated carbocycles. The molecule has 0 fully saturated rings. The zero-order valence-corrected chi connectivity index (χ0v) is 11.6. The Bertz CT molecular complexity index is 599. The van der Waals surface area contributed by atoms with Crippen LogP contribution in [0.1, 0.15) is 23.1 Å². The molecule has 0 aliphatic rings. The Balaban J connectivity index is 1.73. The molecule has 0 aliphatic heterocycles. The summed E-state index contributed by atoms with van der Waals surface area (Å²) in [5, 5.41) is 7.19. The van der Waals surface area contributed by atoms with Crippen LogP contribution in [0, 0.1) is 0 Å². The van der Waals surface area contributed by atoms with Gasteiger partial charge < -0.3 is 9.84 Å². The van der Waals surface area contributed by atoms with E-state index in [1.807, 2.05) is 12.1 Å². The fourth-order valence-electron chi connectivity index (χ4n) is 2.35. The Morgan fingerprint density at radius 1 is 0.905 bits per heavy atom. The van der Waals surface area contributed by atoms with Crippen LogP contribution in [0.25, 0.3) is 0 Å². The molecule has 0 unspecified atom stereocenters. The number of aromatic nitrogens is 2. The molecule has 1 heterocycles. The molecule has 3 aromatic rings. The average molecular weight is 279 g/mol. The lowest BCUT2D eigenvalue weighted by atomic mass is 9.99. The highest BCUT2D eigenvalue weighted by atomic mass is 16.5. The van der Waals surface area contributed by atoms with Gasteiger partial charge in [0, 0.05) is 13.0 Å². The van der Waals surface area contributed by atoms with E-state index in [1.54, 1.807) is 0 Å². The molecule has 0 bridgehead atoms. The van der Waals surface area contributed by atoms with Crippen molar-refractivity contribution in [2.45, 2.75) is 12.5 Å². The van der Waals surface area contributed by atoms with Crippen LogP contribution < -0.4 is 5.32 Å². The Morgan fingerprint density at radius 3 is 2.05 bits per heavy atom. The summed E-state index contributed by atoms with van der Waals surface area (Å²) in [5.41, 5.74) is 2.49. The summed E-state index contributed by atoms with van der Waals surface area (Å²) < 4.78 is 5.03. The maximum atomic E-state index is 5.03. The Morgan fingerprint density at radius 2 is 1.52 bits per heavy atom. The maximum Gasteiger partial charge on any atom is 0.227 e. The molecule has 0 amide bonds. The van der Waals surface area contributed by atoms with E-state index >= 15 is 0 Å². The third-order valence-corrected chi connectivity index (χ3v) is 3.36. The lowest BCUT2D eigenvalue weighted by Crippen LogP contribution is -2.24. The highest BCUT2D eigenvalue weighted by Crippen LogP contribution is 2.21. The molecule has 2 aromatic carbocycles. The summed E-state index contributed by atoms with van der Waals surface area (Å²) in [7, 11) is 0. The minimum absolute atomic E-state index is 0.162. The molecule has 0 radical (unpaired) electrons. The largest absolute Gasteiger partial charge is 0.340 e. The molecular weight excluding hydrogens is 262 g/mol. The minimum Gasteiger partial charge on any atom is -0.340 e. The van der Waals surface area contributed by atoms with Crippen LogP contribution >= 0.6 is 0 Å². The van der Waals surface area contributed by atoms with Gasteiger partial charge in [0.05, 0.1) is 6.04 Å². The van der Waals surface area contributed by atoms with E-state index in [0.29, 0.717) is 5.89 Å². The molecule has 4 nitrogen and oxygen atoms in total. The van der Waals surface area contributed by atoms with Crippen molar-refractivity contribution in [3.05, 3.63) is 84.0 Å². The monoisotopic (exact) mass is 279 g/mol. The van der Waals surface area contributed by atoms with Crippen molar-refractivity contribution in [2.75, 3.05) is 6.54 Å². The predicted octanol–water partition coefficient (Wildman–Crippen LogP) is 2.99. The highest BCUT2D eigenvalue weighted by Gasteiger charge is 2.13. The van der Waals surface area contributed by atoms with Crippen molar-refractivity contribution in [1.29, 1.82) is 0 Å². The molecule has 3 rings (SSSR count). The van der Waals surface area contributed by atoms with E-state index in [0.717, 1.165) is 13.0 Å².